The number of hydrogen-bond acceptors (Lipinski definition) is 2. The fourth-order valence-electron chi connectivity index (χ4n) is 1.50. The predicted molar refractivity (Wildman–Crippen MR) is 61.4 cm³/mol. The van der Waals surface area contributed by atoms with Crippen molar-refractivity contribution in [2.24, 2.45) is 0 Å². The zero-order valence-electron chi connectivity index (χ0n) is 8.53. The van der Waals surface area contributed by atoms with Gasteiger partial charge in [-0.15, -0.1) is 0 Å². The number of aromatic carboxylic acids is 1. The summed E-state index contributed by atoms with van der Waals surface area (Å²) in [4.78, 5) is 10.9. The van der Waals surface area contributed by atoms with E-state index in [1.165, 1.54) is 17.4 Å². The van der Waals surface area contributed by atoms with E-state index in [0.717, 1.165) is 5.56 Å². The summed E-state index contributed by atoms with van der Waals surface area (Å²) < 4.78 is 13.1. The highest BCUT2D eigenvalue weighted by Gasteiger charge is 2.13. The van der Waals surface area contributed by atoms with E-state index in [1.807, 2.05) is 0 Å². The van der Waals surface area contributed by atoms with Crippen LogP contribution < -0.4 is 0 Å². The minimum absolute atomic E-state index is 0.260. The molecule has 1 aromatic heterocycles. The summed E-state index contributed by atoms with van der Waals surface area (Å²) in [6, 6.07) is 4.61. The van der Waals surface area contributed by atoms with Gasteiger partial charge in [0, 0.05) is 10.9 Å². The first-order valence-corrected chi connectivity index (χ1v) is 5.60. The smallest absolute Gasteiger partial charge is 0.337 e. The number of carbonyl (C=O) groups is 1. The highest BCUT2D eigenvalue weighted by atomic mass is 32.1. The van der Waals surface area contributed by atoms with Crippen molar-refractivity contribution in [3.05, 3.63) is 45.9 Å². The summed E-state index contributed by atoms with van der Waals surface area (Å²) in [7, 11) is 0. The van der Waals surface area contributed by atoms with Crippen molar-refractivity contribution in [1.29, 1.82) is 0 Å². The lowest BCUT2D eigenvalue weighted by molar-refractivity contribution is 0.0698. The third-order valence-corrected chi connectivity index (χ3v) is 3.10. The fraction of sp³-hybridized carbons (Fsp3) is 0.0833. The molecule has 0 spiro atoms. The standard InChI is InChI=1S/C12H9FO2S/c1-7-4-8(2-3-11(7)13)9-5-16-6-10(9)12(14)15/h2-6H,1H3,(H,14,15). The van der Waals surface area contributed by atoms with Crippen LogP contribution in [0.1, 0.15) is 15.9 Å². The molecule has 0 unspecified atom stereocenters. The normalized spacial score (nSPS) is 10.4. The molecule has 0 aliphatic rings. The molecule has 2 aromatic rings. The molecule has 16 heavy (non-hydrogen) atoms. The van der Waals surface area contributed by atoms with Crippen LogP contribution in [0.2, 0.25) is 0 Å². The van der Waals surface area contributed by atoms with E-state index in [4.69, 9.17) is 5.11 Å². The third-order valence-electron chi connectivity index (χ3n) is 2.36. The highest BCUT2D eigenvalue weighted by molar-refractivity contribution is 7.08. The Balaban J connectivity index is 2.54. The minimum Gasteiger partial charge on any atom is -0.478 e. The molecule has 1 N–H and O–H groups in total. The second-order valence-corrected chi connectivity index (χ2v) is 4.21. The van der Waals surface area contributed by atoms with Crippen LogP contribution >= 0.6 is 11.3 Å². The van der Waals surface area contributed by atoms with Gasteiger partial charge in [0.15, 0.2) is 0 Å². The predicted octanol–water partition coefficient (Wildman–Crippen LogP) is 3.56. The molecule has 82 valence electrons. The second-order valence-electron chi connectivity index (χ2n) is 3.47. The van der Waals surface area contributed by atoms with Crippen LogP contribution in [0.15, 0.2) is 29.0 Å². The molecule has 0 aliphatic carbocycles. The first-order chi connectivity index (χ1) is 7.59. The van der Waals surface area contributed by atoms with Crippen molar-refractivity contribution in [3.8, 4) is 11.1 Å². The van der Waals surface area contributed by atoms with E-state index in [2.05, 4.69) is 0 Å². The van der Waals surface area contributed by atoms with Crippen LogP contribution in [-0.4, -0.2) is 11.1 Å². The molecule has 0 saturated heterocycles. The Hall–Kier alpha value is -1.68. The number of aryl methyl sites for hydroxylation is 1. The average Bonchev–Trinajstić information content (AvgIpc) is 2.71. The monoisotopic (exact) mass is 236 g/mol. The fourth-order valence-corrected chi connectivity index (χ4v) is 2.33. The maximum absolute atomic E-state index is 13.1. The van der Waals surface area contributed by atoms with Crippen LogP contribution in [0.25, 0.3) is 11.1 Å². The van der Waals surface area contributed by atoms with Gasteiger partial charge in [-0.1, -0.05) is 6.07 Å². The molecular weight excluding hydrogens is 227 g/mol. The van der Waals surface area contributed by atoms with Crippen molar-refractivity contribution in [2.75, 3.05) is 0 Å². The molecule has 2 rings (SSSR count). The van der Waals surface area contributed by atoms with E-state index >= 15 is 0 Å². The number of halogens is 1. The molecule has 0 amide bonds. The lowest BCUT2D eigenvalue weighted by Gasteiger charge is -2.03. The Kier molecular flexibility index (Phi) is 2.75. The lowest BCUT2D eigenvalue weighted by atomic mass is 10.0. The summed E-state index contributed by atoms with van der Waals surface area (Å²) >= 11 is 1.32. The van der Waals surface area contributed by atoms with E-state index in [1.54, 1.807) is 29.8 Å². The zero-order chi connectivity index (χ0) is 11.7. The number of thiophene rings is 1. The number of benzene rings is 1. The van der Waals surface area contributed by atoms with Crippen LogP contribution in [0.4, 0.5) is 4.39 Å². The Bertz CT molecular complexity index is 546. The maximum atomic E-state index is 13.1. The van der Waals surface area contributed by atoms with Crippen molar-refractivity contribution >= 4 is 17.3 Å². The van der Waals surface area contributed by atoms with Gasteiger partial charge in [-0.05, 0) is 35.6 Å². The van der Waals surface area contributed by atoms with Gasteiger partial charge in [0.25, 0.3) is 0 Å². The topological polar surface area (TPSA) is 37.3 Å². The quantitative estimate of drug-likeness (QED) is 0.865. The SMILES string of the molecule is Cc1cc(-c2cscc2C(=O)O)ccc1F. The van der Waals surface area contributed by atoms with Crippen molar-refractivity contribution in [2.45, 2.75) is 6.92 Å². The minimum atomic E-state index is -0.960. The van der Waals surface area contributed by atoms with Gasteiger partial charge in [-0.2, -0.15) is 11.3 Å². The number of carboxylic acids is 1. The summed E-state index contributed by atoms with van der Waals surface area (Å²) in [5.74, 6) is -1.24. The van der Waals surface area contributed by atoms with Gasteiger partial charge < -0.3 is 5.11 Å². The van der Waals surface area contributed by atoms with Crippen LogP contribution in [0.3, 0.4) is 0 Å². The molecule has 0 fully saturated rings. The van der Waals surface area contributed by atoms with Gasteiger partial charge in [0.1, 0.15) is 5.82 Å². The summed E-state index contributed by atoms with van der Waals surface area (Å²) in [6.07, 6.45) is 0. The molecule has 0 radical (unpaired) electrons. The Morgan fingerprint density at radius 1 is 1.38 bits per heavy atom. The van der Waals surface area contributed by atoms with E-state index in [-0.39, 0.29) is 11.4 Å². The molecule has 0 aliphatic heterocycles. The Morgan fingerprint density at radius 2 is 2.12 bits per heavy atom. The number of carboxylic acid groups (broad SMARTS) is 1. The van der Waals surface area contributed by atoms with Crippen LogP contribution in [-0.2, 0) is 0 Å². The zero-order valence-corrected chi connectivity index (χ0v) is 9.34. The molecule has 1 heterocycles. The molecule has 0 saturated carbocycles. The second kappa shape index (κ2) is 4.06. The highest BCUT2D eigenvalue weighted by Crippen LogP contribution is 2.28. The van der Waals surface area contributed by atoms with Gasteiger partial charge in [-0.3, -0.25) is 0 Å². The summed E-state index contributed by atoms with van der Waals surface area (Å²) in [5.41, 5.74) is 2.15. The van der Waals surface area contributed by atoms with Gasteiger partial charge >= 0.3 is 5.97 Å². The van der Waals surface area contributed by atoms with E-state index in [0.29, 0.717) is 11.1 Å². The maximum Gasteiger partial charge on any atom is 0.337 e. The molecular formula is C12H9FO2S. The Morgan fingerprint density at radius 3 is 2.75 bits per heavy atom. The van der Waals surface area contributed by atoms with Crippen molar-refractivity contribution in [1.82, 2.24) is 0 Å². The van der Waals surface area contributed by atoms with Gasteiger partial charge in [-0.25, -0.2) is 9.18 Å². The lowest BCUT2D eigenvalue weighted by Crippen LogP contribution is -1.96. The van der Waals surface area contributed by atoms with E-state index < -0.39 is 5.97 Å². The van der Waals surface area contributed by atoms with Gasteiger partial charge in [0.05, 0.1) is 5.56 Å². The molecule has 0 atom stereocenters. The largest absolute Gasteiger partial charge is 0.478 e. The summed E-state index contributed by atoms with van der Waals surface area (Å²) in [5, 5.41) is 12.3. The van der Waals surface area contributed by atoms with E-state index in [9.17, 15) is 9.18 Å². The molecule has 1 aromatic carbocycles. The van der Waals surface area contributed by atoms with Crippen LogP contribution in [0, 0.1) is 12.7 Å². The first kappa shape index (κ1) is 10.8. The number of rotatable bonds is 2. The van der Waals surface area contributed by atoms with Crippen molar-refractivity contribution < 1.29 is 14.3 Å². The van der Waals surface area contributed by atoms with Gasteiger partial charge in [0.2, 0.25) is 0 Å². The molecule has 2 nitrogen and oxygen atoms in total. The summed E-state index contributed by atoms with van der Waals surface area (Å²) in [6.45, 7) is 1.66. The van der Waals surface area contributed by atoms with Crippen molar-refractivity contribution in [3.63, 3.8) is 0 Å². The number of hydrogen-bond donors (Lipinski definition) is 1. The van der Waals surface area contributed by atoms with Crippen LogP contribution in [0.5, 0.6) is 0 Å². The molecule has 0 bridgehead atoms. The average molecular weight is 236 g/mol. The Labute approximate surface area is 96.0 Å². The third kappa shape index (κ3) is 1.84. The molecule has 4 heteroatoms. The first-order valence-electron chi connectivity index (χ1n) is 4.65.